The summed E-state index contributed by atoms with van der Waals surface area (Å²) in [5.74, 6) is -0.561. The number of hydrogen-bond acceptors (Lipinski definition) is 4. The molecule has 2 amide bonds. The van der Waals surface area contributed by atoms with Gasteiger partial charge in [0.1, 0.15) is 0 Å². The van der Waals surface area contributed by atoms with Gasteiger partial charge in [-0.2, -0.15) is 0 Å². The van der Waals surface area contributed by atoms with Gasteiger partial charge in [0, 0.05) is 17.1 Å². The van der Waals surface area contributed by atoms with Gasteiger partial charge in [0.25, 0.3) is 5.91 Å². The summed E-state index contributed by atoms with van der Waals surface area (Å²) in [5, 5.41) is 12.4. The molecule has 0 bridgehead atoms. The van der Waals surface area contributed by atoms with Crippen LogP contribution in [0.25, 0.3) is 0 Å². The van der Waals surface area contributed by atoms with Crippen LogP contribution >= 0.6 is 11.6 Å². The number of nitrogens with one attached hydrogen (secondary N) is 1. The Balaban J connectivity index is 1.82. The summed E-state index contributed by atoms with van der Waals surface area (Å²) in [6, 6.07) is 6.36. The molecule has 2 rings (SSSR count). The van der Waals surface area contributed by atoms with E-state index >= 15 is 0 Å². The zero-order valence-electron chi connectivity index (χ0n) is 11.9. The highest BCUT2D eigenvalue weighted by Gasteiger charge is 2.27. The van der Waals surface area contributed by atoms with Crippen LogP contribution in [0.1, 0.15) is 23.7 Å². The molecule has 0 spiro atoms. The minimum Gasteiger partial charge on any atom is -0.393 e. The molecule has 5 nitrogen and oxygen atoms in total. The third-order valence-corrected chi connectivity index (χ3v) is 3.97. The monoisotopic (exact) mass is 310 g/mol. The molecule has 1 saturated heterocycles. The topological polar surface area (TPSA) is 69.6 Å². The second-order valence-electron chi connectivity index (χ2n) is 5.41. The van der Waals surface area contributed by atoms with Crippen molar-refractivity contribution in [3.05, 3.63) is 34.9 Å². The Labute approximate surface area is 128 Å². The van der Waals surface area contributed by atoms with Crippen LogP contribution in [-0.4, -0.2) is 47.6 Å². The Hall–Kier alpha value is -1.43. The molecule has 1 aromatic carbocycles. The maximum absolute atomic E-state index is 11.9. The molecule has 2 atom stereocenters. The number of aliphatic hydroxyl groups excluding tert-OH is 1. The Morgan fingerprint density at radius 3 is 2.67 bits per heavy atom. The Bertz CT molecular complexity index is 516. The fraction of sp³-hybridized carbons (Fsp3) is 0.467. The molecule has 0 radical (unpaired) electrons. The summed E-state index contributed by atoms with van der Waals surface area (Å²) in [5.41, 5.74) is 0.399. The van der Waals surface area contributed by atoms with E-state index < -0.39 is 5.91 Å². The van der Waals surface area contributed by atoms with Crippen molar-refractivity contribution in [2.24, 2.45) is 5.92 Å². The van der Waals surface area contributed by atoms with Crippen molar-refractivity contribution in [3.8, 4) is 0 Å². The lowest BCUT2D eigenvalue weighted by Crippen LogP contribution is -2.39. The second kappa shape index (κ2) is 7.02. The fourth-order valence-electron chi connectivity index (χ4n) is 2.44. The molecule has 2 N–H and O–H groups in total. The second-order valence-corrected chi connectivity index (χ2v) is 5.85. The number of carbonyl (C=O) groups excluding carboxylic acids is 2. The molecule has 1 aromatic rings. The van der Waals surface area contributed by atoms with Crippen LogP contribution < -0.4 is 5.32 Å². The summed E-state index contributed by atoms with van der Waals surface area (Å²) in [7, 11) is 0. The number of rotatable bonds is 4. The van der Waals surface area contributed by atoms with Crippen molar-refractivity contribution in [2.75, 3.05) is 19.6 Å². The average molecular weight is 311 g/mol. The van der Waals surface area contributed by atoms with E-state index in [2.05, 4.69) is 5.32 Å². The first-order valence-corrected chi connectivity index (χ1v) is 7.33. The summed E-state index contributed by atoms with van der Waals surface area (Å²) in [6.45, 7) is 3.37. The third-order valence-electron chi connectivity index (χ3n) is 3.72. The van der Waals surface area contributed by atoms with E-state index in [0.717, 1.165) is 13.0 Å². The van der Waals surface area contributed by atoms with Crippen LogP contribution in [0.4, 0.5) is 0 Å². The number of imide groups is 1. The van der Waals surface area contributed by atoms with Gasteiger partial charge in [0.15, 0.2) is 0 Å². The zero-order valence-corrected chi connectivity index (χ0v) is 12.6. The lowest BCUT2D eigenvalue weighted by atomic mass is 10.0. The van der Waals surface area contributed by atoms with Gasteiger partial charge in [0.05, 0.1) is 12.6 Å². The van der Waals surface area contributed by atoms with Gasteiger partial charge >= 0.3 is 0 Å². The number of likely N-dealkylation sites (tertiary alicyclic amines) is 1. The molecule has 0 saturated carbocycles. The molecule has 0 aliphatic carbocycles. The highest BCUT2D eigenvalue weighted by Crippen LogP contribution is 2.19. The minimum atomic E-state index is -0.428. The van der Waals surface area contributed by atoms with E-state index in [0.29, 0.717) is 17.1 Å². The molecule has 1 fully saturated rings. The average Bonchev–Trinajstić information content (AvgIpc) is 2.87. The van der Waals surface area contributed by atoms with Crippen molar-refractivity contribution in [2.45, 2.75) is 19.4 Å². The number of benzene rings is 1. The van der Waals surface area contributed by atoms with Crippen LogP contribution in [0.5, 0.6) is 0 Å². The highest BCUT2D eigenvalue weighted by molar-refractivity contribution is 6.30. The molecule has 21 heavy (non-hydrogen) atoms. The number of amides is 2. The summed E-state index contributed by atoms with van der Waals surface area (Å²) in [6.07, 6.45) is 0.504. The molecule has 1 heterocycles. The van der Waals surface area contributed by atoms with Gasteiger partial charge in [-0.05, 0) is 50.1 Å². The molecule has 114 valence electrons. The largest absolute Gasteiger partial charge is 0.393 e. The third kappa shape index (κ3) is 4.52. The van der Waals surface area contributed by atoms with E-state index in [1.54, 1.807) is 31.2 Å². The number of aliphatic hydroxyl groups is 1. The van der Waals surface area contributed by atoms with Crippen molar-refractivity contribution in [1.82, 2.24) is 10.2 Å². The molecule has 0 aromatic heterocycles. The molecule has 1 aliphatic heterocycles. The molecule has 1 aliphatic rings. The van der Waals surface area contributed by atoms with Crippen LogP contribution in [0.15, 0.2) is 24.3 Å². The predicted octanol–water partition coefficient (Wildman–Crippen LogP) is 1.30. The van der Waals surface area contributed by atoms with Crippen LogP contribution in [0.3, 0.4) is 0 Å². The quantitative estimate of drug-likeness (QED) is 0.879. The Morgan fingerprint density at radius 2 is 2.10 bits per heavy atom. The van der Waals surface area contributed by atoms with E-state index in [1.165, 1.54) is 0 Å². The van der Waals surface area contributed by atoms with Crippen molar-refractivity contribution in [1.29, 1.82) is 0 Å². The number of carbonyl (C=O) groups is 2. The van der Waals surface area contributed by atoms with E-state index in [9.17, 15) is 14.7 Å². The van der Waals surface area contributed by atoms with Gasteiger partial charge in [-0.3, -0.25) is 19.8 Å². The molecule has 6 heteroatoms. The fourth-order valence-corrected chi connectivity index (χ4v) is 2.57. The normalized spacial score (nSPS) is 20.2. The number of halogens is 1. The lowest BCUT2D eigenvalue weighted by Gasteiger charge is -2.16. The maximum atomic E-state index is 11.9. The van der Waals surface area contributed by atoms with Crippen molar-refractivity contribution < 1.29 is 14.7 Å². The van der Waals surface area contributed by atoms with Gasteiger partial charge < -0.3 is 5.11 Å². The molecular formula is C15H19ClN2O3. The Morgan fingerprint density at radius 1 is 1.43 bits per heavy atom. The van der Waals surface area contributed by atoms with E-state index in [-0.39, 0.29) is 24.5 Å². The standard InChI is InChI=1S/C15H19ClN2O3/c1-10(19)12-6-7-18(8-12)9-14(20)17-15(21)11-2-4-13(16)5-3-11/h2-5,10,12,19H,6-9H2,1H3,(H,17,20,21). The van der Waals surface area contributed by atoms with Crippen LogP contribution in [0, 0.1) is 5.92 Å². The van der Waals surface area contributed by atoms with Crippen LogP contribution in [0.2, 0.25) is 5.02 Å². The summed E-state index contributed by atoms with van der Waals surface area (Å²) in [4.78, 5) is 25.7. The van der Waals surface area contributed by atoms with Gasteiger partial charge in [0.2, 0.25) is 5.91 Å². The smallest absolute Gasteiger partial charge is 0.257 e. The lowest BCUT2D eigenvalue weighted by molar-refractivity contribution is -0.121. The molecular weight excluding hydrogens is 292 g/mol. The SMILES string of the molecule is CC(O)C1CCN(CC(=O)NC(=O)c2ccc(Cl)cc2)C1. The number of hydrogen-bond donors (Lipinski definition) is 2. The minimum absolute atomic E-state index is 0.169. The van der Waals surface area contributed by atoms with Crippen LogP contribution in [-0.2, 0) is 4.79 Å². The first kappa shape index (κ1) is 15.9. The summed E-state index contributed by atoms with van der Waals surface area (Å²) >= 11 is 5.75. The first-order valence-electron chi connectivity index (χ1n) is 6.96. The van der Waals surface area contributed by atoms with Gasteiger partial charge in [-0.15, -0.1) is 0 Å². The molecule has 2 unspecified atom stereocenters. The summed E-state index contributed by atoms with van der Waals surface area (Å²) < 4.78 is 0. The van der Waals surface area contributed by atoms with E-state index in [1.807, 2.05) is 4.90 Å². The van der Waals surface area contributed by atoms with Crippen molar-refractivity contribution >= 4 is 23.4 Å². The Kier molecular flexibility index (Phi) is 5.33. The first-order chi connectivity index (χ1) is 9.95. The zero-order chi connectivity index (χ0) is 15.4. The highest BCUT2D eigenvalue weighted by atomic mass is 35.5. The predicted molar refractivity (Wildman–Crippen MR) is 80.2 cm³/mol. The van der Waals surface area contributed by atoms with E-state index in [4.69, 9.17) is 11.6 Å². The van der Waals surface area contributed by atoms with Crippen molar-refractivity contribution in [3.63, 3.8) is 0 Å². The van der Waals surface area contributed by atoms with Gasteiger partial charge in [-0.25, -0.2) is 0 Å². The van der Waals surface area contributed by atoms with Gasteiger partial charge in [-0.1, -0.05) is 11.6 Å². The number of nitrogens with zero attached hydrogens (tertiary/aromatic N) is 1. The maximum Gasteiger partial charge on any atom is 0.257 e.